The summed E-state index contributed by atoms with van der Waals surface area (Å²) in [6, 6.07) is 22.6. The number of hydrogen-bond donors (Lipinski definition) is 0. The number of rotatable bonds is 4. The standard InChI is InChI=1S/C18H15N2OP/c1-2-8-17-15-18(10-9-16(17)7-1)21-22(19-11-3-4-12-19)20-13-5-6-14-20/h1-15H. The Balaban J connectivity index is 1.71. The summed E-state index contributed by atoms with van der Waals surface area (Å²) < 4.78 is 10.5. The van der Waals surface area contributed by atoms with Crippen molar-refractivity contribution in [1.82, 2.24) is 8.68 Å². The van der Waals surface area contributed by atoms with E-state index < -0.39 is 8.45 Å². The molecule has 0 N–H and O–H groups in total. The third-order valence-electron chi connectivity index (χ3n) is 3.48. The van der Waals surface area contributed by atoms with Crippen LogP contribution in [-0.4, -0.2) is 8.68 Å². The van der Waals surface area contributed by atoms with Crippen molar-refractivity contribution < 1.29 is 4.52 Å². The van der Waals surface area contributed by atoms with E-state index in [1.165, 1.54) is 10.8 Å². The first kappa shape index (κ1) is 13.2. The first-order valence-corrected chi connectivity index (χ1v) is 8.30. The first-order chi connectivity index (χ1) is 10.9. The molecule has 0 amide bonds. The van der Waals surface area contributed by atoms with Gasteiger partial charge >= 0.3 is 8.45 Å². The van der Waals surface area contributed by atoms with Crippen LogP contribution >= 0.6 is 8.45 Å². The van der Waals surface area contributed by atoms with Crippen molar-refractivity contribution in [3.05, 3.63) is 91.5 Å². The summed E-state index contributed by atoms with van der Waals surface area (Å²) in [6.45, 7) is 0. The van der Waals surface area contributed by atoms with Crippen LogP contribution in [0.2, 0.25) is 0 Å². The van der Waals surface area contributed by atoms with E-state index in [2.05, 4.69) is 39.0 Å². The molecule has 4 aromatic rings. The normalized spacial score (nSPS) is 11.1. The fourth-order valence-electron chi connectivity index (χ4n) is 2.41. The van der Waals surface area contributed by atoms with Crippen molar-refractivity contribution >= 4 is 19.2 Å². The fraction of sp³-hybridized carbons (Fsp3) is 0. The molecule has 2 aromatic carbocycles. The summed E-state index contributed by atoms with van der Waals surface area (Å²) in [5.74, 6) is 0.882. The molecule has 108 valence electrons. The monoisotopic (exact) mass is 306 g/mol. The molecule has 0 aliphatic heterocycles. The average molecular weight is 306 g/mol. The summed E-state index contributed by atoms with van der Waals surface area (Å²) >= 11 is 0. The zero-order chi connectivity index (χ0) is 14.8. The van der Waals surface area contributed by atoms with Gasteiger partial charge in [-0.05, 0) is 47.2 Å². The number of aromatic nitrogens is 2. The molecule has 2 aromatic heterocycles. The maximum absolute atomic E-state index is 6.30. The predicted molar refractivity (Wildman–Crippen MR) is 91.2 cm³/mol. The molecule has 4 rings (SSSR count). The molecule has 2 heterocycles. The molecule has 3 nitrogen and oxygen atoms in total. The molecular formula is C18H15N2OP. The molecule has 4 heteroatoms. The number of nitrogens with zero attached hydrogens (tertiary/aromatic N) is 2. The van der Waals surface area contributed by atoms with E-state index in [9.17, 15) is 0 Å². The first-order valence-electron chi connectivity index (χ1n) is 7.13. The molecule has 0 aliphatic rings. The lowest BCUT2D eigenvalue weighted by molar-refractivity contribution is 0.594. The Labute approximate surface area is 130 Å². The molecule has 0 unspecified atom stereocenters. The molecule has 0 spiro atoms. The predicted octanol–water partition coefficient (Wildman–Crippen LogP) is 5.15. The van der Waals surface area contributed by atoms with Crippen LogP contribution in [0, 0.1) is 0 Å². The minimum absolute atomic E-state index is 0.882. The zero-order valence-electron chi connectivity index (χ0n) is 11.9. The van der Waals surface area contributed by atoms with Crippen LogP contribution in [-0.2, 0) is 0 Å². The quantitative estimate of drug-likeness (QED) is 0.477. The second-order valence-electron chi connectivity index (χ2n) is 4.98. The van der Waals surface area contributed by atoms with E-state index in [1.807, 2.05) is 61.2 Å². The van der Waals surface area contributed by atoms with Crippen LogP contribution in [0.5, 0.6) is 5.75 Å². The molecule has 0 bridgehead atoms. The largest absolute Gasteiger partial charge is 0.436 e. The Bertz CT molecular complexity index is 835. The van der Waals surface area contributed by atoms with Crippen LogP contribution in [0.1, 0.15) is 0 Å². The van der Waals surface area contributed by atoms with Crippen LogP contribution in [0.25, 0.3) is 10.8 Å². The van der Waals surface area contributed by atoms with Crippen LogP contribution in [0.3, 0.4) is 0 Å². The van der Waals surface area contributed by atoms with E-state index in [0.717, 1.165) is 5.75 Å². The van der Waals surface area contributed by atoms with Crippen molar-refractivity contribution in [1.29, 1.82) is 0 Å². The highest BCUT2D eigenvalue weighted by Gasteiger charge is 2.15. The summed E-state index contributed by atoms with van der Waals surface area (Å²) in [5, 5.41) is 2.41. The lowest BCUT2D eigenvalue weighted by Gasteiger charge is -2.20. The Hall–Kier alpha value is -2.51. The maximum Gasteiger partial charge on any atom is 0.317 e. The van der Waals surface area contributed by atoms with Crippen molar-refractivity contribution in [3.8, 4) is 5.75 Å². The summed E-state index contributed by atoms with van der Waals surface area (Å²) in [4.78, 5) is 0. The van der Waals surface area contributed by atoms with E-state index >= 15 is 0 Å². The summed E-state index contributed by atoms with van der Waals surface area (Å²) in [6.07, 6.45) is 8.14. The highest BCUT2D eigenvalue weighted by Crippen LogP contribution is 2.41. The Kier molecular flexibility index (Phi) is 3.42. The molecular weight excluding hydrogens is 291 g/mol. The summed E-state index contributed by atoms with van der Waals surface area (Å²) in [7, 11) is -0.975. The van der Waals surface area contributed by atoms with Crippen molar-refractivity contribution in [2.75, 3.05) is 0 Å². The smallest absolute Gasteiger partial charge is 0.317 e. The number of hydrogen-bond acceptors (Lipinski definition) is 1. The average Bonchev–Trinajstić information content (AvgIpc) is 3.26. The van der Waals surface area contributed by atoms with Gasteiger partial charge in [0.1, 0.15) is 5.75 Å². The van der Waals surface area contributed by atoms with Gasteiger partial charge in [-0.25, -0.2) is 0 Å². The minimum Gasteiger partial charge on any atom is -0.436 e. The van der Waals surface area contributed by atoms with Crippen molar-refractivity contribution in [3.63, 3.8) is 0 Å². The maximum atomic E-state index is 6.30. The van der Waals surface area contributed by atoms with Crippen molar-refractivity contribution in [2.24, 2.45) is 0 Å². The second kappa shape index (κ2) is 5.70. The number of fused-ring (bicyclic) bond motifs is 1. The van der Waals surface area contributed by atoms with Gasteiger partial charge in [0, 0.05) is 24.8 Å². The lowest BCUT2D eigenvalue weighted by Crippen LogP contribution is -2.03. The van der Waals surface area contributed by atoms with Gasteiger partial charge in [-0.2, -0.15) is 0 Å². The molecule has 0 aliphatic carbocycles. The van der Waals surface area contributed by atoms with Crippen LogP contribution in [0.4, 0.5) is 0 Å². The Morgan fingerprint density at radius 1 is 0.636 bits per heavy atom. The topological polar surface area (TPSA) is 19.1 Å². The molecule has 0 atom stereocenters. The number of benzene rings is 2. The van der Waals surface area contributed by atoms with E-state index in [1.54, 1.807) is 0 Å². The lowest BCUT2D eigenvalue weighted by atomic mass is 10.1. The minimum atomic E-state index is -0.975. The van der Waals surface area contributed by atoms with Gasteiger partial charge in [-0.3, -0.25) is 8.68 Å². The molecule has 0 radical (unpaired) electrons. The van der Waals surface area contributed by atoms with Gasteiger partial charge in [0.2, 0.25) is 0 Å². The Morgan fingerprint density at radius 3 is 1.86 bits per heavy atom. The molecule has 22 heavy (non-hydrogen) atoms. The molecule has 0 saturated heterocycles. The van der Waals surface area contributed by atoms with Gasteiger partial charge < -0.3 is 4.52 Å². The third-order valence-corrected chi connectivity index (χ3v) is 5.18. The van der Waals surface area contributed by atoms with E-state index in [0.29, 0.717) is 0 Å². The summed E-state index contributed by atoms with van der Waals surface area (Å²) in [5.41, 5.74) is 0. The van der Waals surface area contributed by atoms with Crippen LogP contribution < -0.4 is 4.52 Å². The molecule has 0 saturated carbocycles. The van der Waals surface area contributed by atoms with Crippen LogP contribution in [0.15, 0.2) is 91.5 Å². The van der Waals surface area contributed by atoms with Gasteiger partial charge in [0.05, 0.1) is 0 Å². The van der Waals surface area contributed by atoms with E-state index in [4.69, 9.17) is 4.52 Å². The SMILES string of the molecule is c1ccc2cc(OP(n3cccc3)n3cccc3)ccc2c1. The highest BCUT2D eigenvalue weighted by molar-refractivity contribution is 7.49. The molecule has 0 fully saturated rings. The second-order valence-corrected chi connectivity index (χ2v) is 6.59. The van der Waals surface area contributed by atoms with Gasteiger partial charge in [-0.15, -0.1) is 0 Å². The van der Waals surface area contributed by atoms with Gasteiger partial charge in [0.25, 0.3) is 0 Å². The van der Waals surface area contributed by atoms with Gasteiger partial charge in [-0.1, -0.05) is 30.3 Å². The van der Waals surface area contributed by atoms with Gasteiger partial charge in [0.15, 0.2) is 0 Å². The highest BCUT2D eigenvalue weighted by atomic mass is 31.2. The Morgan fingerprint density at radius 2 is 1.23 bits per heavy atom. The fourth-order valence-corrected chi connectivity index (χ4v) is 3.90. The third kappa shape index (κ3) is 2.51. The van der Waals surface area contributed by atoms with E-state index in [-0.39, 0.29) is 0 Å². The van der Waals surface area contributed by atoms with Crippen molar-refractivity contribution in [2.45, 2.75) is 0 Å². The zero-order valence-corrected chi connectivity index (χ0v) is 12.8.